The fraction of sp³-hybridized carbons (Fsp3) is 0. The Balaban J connectivity index is 1.97. The molecule has 1 aromatic heterocycles. The zero-order chi connectivity index (χ0) is 20.5. The predicted molar refractivity (Wildman–Crippen MR) is 127 cm³/mol. The zero-order valence-electron chi connectivity index (χ0n) is 14.8. The van der Waals surface area contributed by atoms with Crippen LogP contribution in [0.3, 0.4) is 0 Å². The number of hydrogen-bond acceptors (Lipinski definition) is 3. The summed E-state index contributed by atoms with van der Waals surface area (Å²) in [4.78, 5) is 18.0. The SMILES string of the molecule is O=c1c2cc(I)ccc2nc(C=Cc2ccc(O)cc2)n1-c1ccc(Cl)cc1Cl. The van der Waals surface area contributed by atoms with Crippen molar-refractivity contribution in [2.75, 3.05) is 0 Å². The van der Waals surface area contributed by atoms with Crippen molar-refractivity contribution in [3.05, 3.63) is 96.0 Å². The van der Waals surface area contributed by atoms with Gasteiger partial charge in [-0.2, -0.15) is 0 Å². The second-order valence-electron chi connectivity index (χ2n) is 6.29. The van der Waals surface area contributed by atoms with E-state index < -0.39 is 0 Å². The van der Waals surface area contributed by atoms with Gasteiger partial charge in [0.15, 0.2) is 0 Å². The Bertz CT molecular complexity index is 1320. The minimum atomic E-state index is -0.219. The molecule has 0 bridgehead atoms. The maximum atomic E-state index is 13.4. The van der Waals surface area contributed by atoms with Crippen LogP contribution in [0.4, 0.5) is 0 Å². The number of halogens is 3. The molecule has 4 rings (SSSR count). The van der Waals surface area contributed by atoms with E-state index in [1.165, 1.54) is 4.57 Å². The number of rotatable bonds is 3. The first-order chi connectivity index (χ1) is 13.9. The molecule has 4 aromatic rings. The van der Waals surface area contributed by atoms with E-state index in [1.807, 2.05) is 18.2 Å². The van der Waals surface area contributed by atoms with Crippen molar-refractivity contribution < 1.29 is 5.11 Å². The third-order valence-electron chi connectivity index (χ3n) is 4.32. The Hall–Kier alpha value is -2.35. The molecule has 0 unspecified atom stereocenters. The van der Waals surface area contributed by atoms with Crippen molar-refractivity contribution in [1.29, 1.82) is 0 Å². The van der Waals surface area contributed by atoms with Crippen molar-refractivity contribution in [3.63, 3.8) is 0 Å². The largest absolute Gasteiger partial charge is 0.508 e. The summed E-state index contributed by atoms with van der Waals surface area (Å²) in [6, 6.07) is 17.2. The van der Waals surface area contributed by atoms with Crippen LogP contribution < -0.4 is 5.56 Å². The summed E-state index contributed by atoms with van der Waals surface area (Å²) in [6.45, 7) is 0. The van der Waals surface area contributed by atoms with Crippen molar-refractivity contribution in [3.8, 4) is 11.4 Å². The van der Waals surface area contributed by atoms with Crippen LogP contribution >= 0.6 is 45.8 Å². The number of aromatic hydroxyl groups is 1. The Labute approximate surface area is 190 Å². The molecule has 0 saturated heterocycles. The summed E-state index contributed by atoms with van der Waals surface area (Å²) < 4.78 is 2.42. The van der Waals surface area contributed by atoms with Gasteiger partial charge in [0.2, 0.25) is 0 Å². The summed E-state index contributed by atoms with van der Waals surface area (Å²) in [5.41, 5.74) is 1.73. The quantitative estimate of drug-likeness (QED) is 0.320. The highest BCUT2D eigenvalue weighted by atomic mass is 127. The zero-order valence-corrected chi connectivity index (χ0v) is 18.5. The second kappa shape index (κ2) is 8.18. The lowest BCUT2D eigenvalue weighted by atomic mass is 10.2. The van der Waals surface area contributed by atoms with Crippen molar-refractivity contribution >= 4 is 68.8 Å². The van der Waals surface area contributed by atoms with Gasteiger partial charge in [0, 0.05) is 8.59 Å². The minimum absolute atomic E-state index is 0.186. The molecular formula is C22H13Cl2IN2O2. The minimum Gasteiger partial charge on any atom is -0.508 e. The first kappa shape index (κ1) is 19.9. The Morgan fingerprint density at radius 1 is 0.966 bits per heavy atom. The molecule has 7 heteroatoms. The van der Waals surface area contributed by atoms with Gasteiger partial charge >= 0.3 is 0 Å². The first-order valence-corrected chi connectivity index (χ1v) is 10.4. The standard InChI is InChI=1S/C22H13Cl2IN2O2/c23-14-4-9-20(18(24)11-14)27-21(10-3-13-1-6-16(28)7-2-13)26-19-8-5-15(25)12-17(19)22(27)29/h1-12,28H. The topological polar surface area (TPSA) is 55.1 Å². The third kappa shape index (κ3) is 4.17. The Kier molecular flexibility index (Phi) is 5.63. The lowest BCUT2D eigenvalue weighted by Crippen LogP contribution is -2.22. The van der Waals surface area contributed by atoms with Crippen LogP contribution in [-0.4, -0.2) is 14.7 Å². The van der Waals surface area contributed by atoms with Crippen LogP contribution in [0.15, 0.2) is 65.5 Å². The van der Waals surface area contributed by atoms with Crippen LogP contribution in [0, 0.1) is 3.57 Å². The van der Waals surface area contributed by atoms with E-state index in [-0.39, 0.29) is 11.3 Å². The highest BCUT2D eigenvalue weighted by Gasteiger charge is 2.14. The summed E-state index contributed by atoms with van der Waals surface area (Å²) >= 11 is 14.6. The molecule has 0 fully saturated rings. The van der Waals surface area contributed by atoms with Gasteiger partial charge in [0.1, 0.15) is 11.6 Å². The van der Waals surface area contributed by atoms with Crippen LogP contribution in [0.25, 0.3) is 28.7 Å². The van der Waals surface area contributed by atoms with Crippen LogP contribution in [0.2, 0.25) is 10.0 Å². The monoisotopic (exact) mass is 534 g/mol. The van der Waals surface area contributed by atoms with Crippen LogP contribution in [0.5, 0.6) is 5.75 Å². The highest BCUT2D eigenvalue weighted by Crippen LogP contribution is 2.26. The molecule has 0 spiro atoms. The summed E-state index contributed by atoms with van der Waals surface area (Å²) in [6.07, 6.45) is 3.57. The molecule has 0 aliphatic rings. The number of phenols is 1. The van der Waals surface area contributed by atoms with Gasteiger partial charge in [-0.15, -0.1) is 0 Å². The fourth-order valence-corrected chi connectivity index (χ4v) is 3.92. The highest BCUT2D eigenvalue weighted by molar-refractivity contribution is 14.1. The lowest BCUT2D eigenvalue weighted by molar-refractivity contribution is 0.475. The summed E-state index contributed by atoms with van der Waals surface area (Å²) in [5, 5.41) is 10.8. The second-order valence-corrected chi connectivity index (χ2v) is 8.38. The van der Waals surface area contributed by atoms with Gasteiger partial charge < -0.3 is 5.11 Å². The molecule has 144 valence electrons. The van der Waals surface area contributed by atoms with Gasteiger partial charge in [-0.05, 0) is 82.8 Å². The molecule has 3 aromatic carbocycles. The molecule has 0 saturated carbocycles. The smallest absolute Gasteiger partial charge is 0.266 e. The Morgan fingerprint density at radius 2 is 1.72 bits per heavy atom. The molecule has 4 nitrogen and oxygen atoms in total. The summed E-state index contributed by atoms with van der Waals surface area (Å²) in [5.74, 6) is 0.617. The average Bonchev–Trinajstić information content (AvgIpc) is 2.69. The molecule has 1 N–H and O–H groups in total. The fourth-order valence-electron chi connectivity index (χ4n) is 2.94. The summed E-state index contributed by atoms with van der Waals surface area (Å²) in [7, 11) is 0. The van der Waals surface area contributed by atoms with E-state index in [0.29, 0.717) is 32.5 Å². The molecule has 0 aliphatic carbocycles. The number of benzene rings is 3. The normalized spacial score (nSPS) is 11.4. The van der Waals surface area contributed by atoms with Crippen molar-refractivity contribution in [2.24, 2.45) is 0 Å². The number of phenolic OH excluding ortho intramolecular Hbond substituents is 1. The lowest BCUT2D eigenvalue weighted by Gasteiger charge is -2.13. The number of nitrogens with zero attached hydrogens (tertiary/aromatic N) is 2. The predicted octanol–water partition coefficient (Wildman–Crippen LogP) is 6.17. The van der Waals surface area contributed by atoms with E-state index >= 15 is 0 Å². The first-order valence-electron chi connectivity index (χ1n) is 8.57. The van der Waals surface area contributed by atoms with Gasteiger partial charge in [-0.1, -0.05) is 41.4 Å². The maximum Gasteiger partial charge on any atom is 0.266 e. The van der Waals surface area contributed by atoms with Crippen LogP contribution in [-0.2, 0) is 0 Å². The van der Waals surface area contributed by atoms with E-state index in [0.717, 1.165) is 9.13 Å². The van der Waals surface area contributed by atoms with Gasteiger partial charge in [-0.25, -0.2) is 4.98 Å². The number of fused-ring (bicyclic) bond motifs is 1. The number of aromatic nitrogens is 2. The molecular weight excluding hydrogens is 522 g/mol. The van der Waals surface area contributed by atoms with E-state index in [2.05, 4.69) is 27.6 Å². The average molecular weight is 535 g/mol. The molecule has 0 amide bonds. The number of hydrogen-bond donors (Lipinski definition) is 1. The Morgan fingerprint density at radius 3 is 2.45 bits per heavy atom. The van der Waals surface area contributed by atoms with Gasteiger partial charge in [0.05, 0.1) is 21.6 Å². The molecule has 0 atom stereocenters. The van der Waals surface area contributed by atoms with E-state index in [4.69, 9.17) is 23.2 Å². The van der Waals surface area contributed by atoms with Gasteiger partial charge in [-0.3, -0.25) is 9.36 Å². The third-order valence-corrected chi connectivity index (χ3v) is 5.53. The molecule has 1 heterocycles. The van der Waals surface area contributed by atoms with E-state index in [1.54, 1.807) is 54.6 Å². The van der Waals surface area contributed by atoms with E-state index in [9.17, 15) is 9.90 Å². The molecule has 0 aliphatic heterocycles. The van der Waals surface area contributed by atoms with Crippen molar-refractivity contribution in [1.82, 2.24) is 9.55 Å². The van der Waals surface area contributed by atoms with Crippen LogP contribution in [0.1, 0.15) is 11.4 Å². The maximum absolute atomic E-state index is 13.4. The van der Waals surface area contributed by atoms with Gasteiger partial charge in [0.25, 0.3) is 5.56 Å². The van der Waals surface area contributed by atoms with Crippen molar-refractivity contribution in [2.45, 2.75) is 0 Å². The molecule has 29 heavy (non-hydrogen) atoms. The molecule has 0 radical (unpaired) electrons.